The summed E-state index contributed by atoms with van der Waals surface area (Å²) in [5, 5.41) is 11.2. The average molecular weight is 390 g/mol. The molecule has 3 N–H and O–H groups in total. The maximum absolute atomic E-state index is 11.2. The SMILES string of the molecule is C=C(NNC(=Nc1ccccc1)c1cccc[nH+]1)c1ccc(OC)c([N+](=O)[O-])c1. The van der Waals surface area contributed by atoms with Gasteiger partial charge in [-0.15, -0.1) is 0 Å². The first-order valence-electron chi connectivity index (χ1n) is 8.73. The van der Waals surface area contributed by atoms with Gasteiger partial charge in [0.15, 0.2) is 11.9 Å². The summed E-state index contributed by atoms with van der Waals surface area (Å²) < 4.78 is 5.03. The number of rotatable bonds is 7. The molecule has 0 aliphatic rings. The molecule has 1 aromatic heterocycles. The van der Waals surface area contributed by atoms with Crippen molar-refractivity contribution >= 4 is 22.9 Å². The number of aliphatic imine (C=N–C) groups is 1. The second-order valence-electron chi connectivity index (χ2n) is 5.94. The molecule has 2 aromatic carbocycles. The number of amidine groups is 1. The van der Waals surface area contributed by atoms with Gasteiger partial charge in [0.1, 0.15) is 0 Å². The lowest BCUT2D eigenvalue weighted by molar-refractivity contribution is -0.385. The van der Waals surface area contributed by atoms with E-state index in [-0.39, 0.29) is 11.4 Å². The van der Waals surface area contributed by atoms with Gasteiger partial charge in [0.25, 0.3) is 0 Å². The minimum Gasteiger partial charge on any atom is -0.490 e. The molecule has 8 nitrogen and oxygen atoms in total. The van der Waals surface area contributed by atoms with Crippen LogP contribution in [-0.2, 0) is 0 Å². The Hall–Kier alpha value is -4.20. The molecule has 3 aromatic rings. The third-order valence-electron chi connectivity index (χ3n) is 4.02. The monoisotopic (exact) mass is 390 g/mol. The van der Waals surface area contributed by atoms with Crippen LogP contribution >= 0.6 is 0 Å². The summed E-state index contributed by atoms with van der Waals surface area (Å²) in [6.07, 6.45) is 1.79. The van der Waals surface area contributed by atoms with E-state index in [2.05, 4.69) is 27.4 Å². The third kappa shape index (κ3) is 4.95. The van der Waals surface area contributed by atoms with Gasteiger partial charge in [-0.05, 0) is 30.3 Å². The van der Waals surface area contributed by atoms with Gasteiger partial charge in [-0.1, -0.05) is 24.8 Å². The van der Waals surface area contributed by atoms with Crippen LogP contribution in [0.5, 0.6) is 5.75 Å². The molecule has 0 fully saturated rings. The smallest absolute Gasteiger partial charge is 0.311 e. The number of aromatic nitrogens is 1. The summed E-state index contributed by atoms with van der Waals surface area (Å²) in [7, 11) is 1.39. The van der Waals surface area contributed by atoms with Gasteiger partial charge < -0.3 is 4.74 Å². The Labute approximate surface area is 167 Å². The van der Waals surface area contributed by atoms with Crippen molar-refractivity contribution < 1.29 is 14.6 Å². The molecule has 3 rings (SSSR count). The molecule has 1 heterocycles. The Kier molecular flexibility index (Phi) is 6.16. The first kappa shape index (κ1) is 19.6. The highest BCUT2D eigenvalue weighted by atomic mass is 16.6. The first-order valence-corrected chi connectivity index (χ1v) is 8.73. The zero-order valence-corrected chi connectivity index (χ0v) is 15.8. The summed E-state index contributed by atoms with van der Waals surface area (Å²) in [4.78, 5) is 18.5. The van der Waals surface area contributed by atoms with Crippen molar-refractivity contribution in [2.75, 3.05) is 7.11 Å². The molecule has 0 amide bonds. The molecule has 146 valence electrons. The zero-order valence-electron chi connectivity index (χ0n) is 15.8. The van der Waals surface area contributed by atoms with Crippen molar-refractivity contribution in [3.05, 3.63) is 101 Å². The number of benzene rings is 2. The average Bonchev–Trinajstić information content (AvgIpc) is 2.77. The molecule has 0 aliphatic heterocycles. The molecule has 0 unspecified atom stereocenters. The second kappa shape index (κ2) is 9.14. The van der Waals surface area contributed by atoms with Crippen molar-refractivity contribution in [2.24, 2.45) is 4.99 Å². The molecule has 29 heavy (non-hydrogen) atoms. The van der Waals surface area contributed by atoms with Crippen LogP contribution < -0.4 is 20.6 Å². The zero-order chi connectivity index (χ0) is 20.6. The lowest BCUT2D eigenvalue weighted by atomic mass is 10.1. The fraction of sp³-hybridized carbons (Fsp3) is 0.0476. The summed E-state index contributed by atoms with van der Waals surface area (Å²) in [5.74, 6) is 0.714. The molecule has 8 heteroatoms. The van der Waals surface area contributed by atoms with Crippen LogP contribution in [-0.4, -0.2) is 17.9 Å². The van der Waals surface area contributed by atoms with Crippen molar-refractivity contribution in [2.45, 2.75) is 0 Å². The van der Waals surface area contributed by atoms with Crippen LogP contribution in [0.3, 0.4) is 0 Å². The van der Waals surface area contributed by atoms with Gasteiger partial charge in [-0.3, -0.25) is 21.0 Å². The lowest BCUT2D eigenvalue weighted by Crippen LogP contribution is -2.39. The van der Waals surface area contributed by atoms with Gasteiger partial charge in [-0.25, -0.2) is 9.98 Å². The van der Waals surface area contributed by atoms with Gasteiger partial charge >= 0.3 is 5.69 Å². The molecule has 0 aliphatic carbocycles. The van der Waals surface area contributed by atoms with E-state index in [1.807, 2.05) is 48.5 Å². The number of nitro groups is 1. The highest BCUT2D eigenvalue weighted by Gasteiger charge is 2.17. The number of hydrogen-bond donors (Lipinski definition) is 2. The van der Waals surface area contributed by atoms with Crippen LogP contribution in [0.25, 0.3) is 5.70 Å². The van der Waals surface area contributed by atoms with E-state index < -0.39 is 4.92 Å². The highest BCUT2D eigenvalue weighted by molar-refractivity contribution is 5.97. The van der Waals surface area contributed by atoms with Crippen molar-refractivity contribution in [1.82, 2.24) is 10.9 Å². The van der Waals surface area contributed by atoms with E-state index >= 15 is 0 Å². The summed E-state index contributed by atoms with van der Waals surface area (Å²) >= 11 is 0. The van der Waals surface area contributed by atoms with Crippen LogP contribution in [0.4, 0.5) is 11.4 Å². The lowest BCUT2D eigenvalue weighted by Gasteiger charge is -2.13. The van der Waals surface area contributed by atoms with Gasteiger partial charge in [0.2, 0.25) is 11.5 Å². The largest absolute Gasteiger partial charge is 0.490 e. The molecular formula is C21H20N5O3+. The molecule has 0 atom stereocenters. The predicted octanol–water partition coefficient (Wildman–Crippen LogP) is 3.26. The quantitative estimate of drug-likeness (QED) is 0.279. The number of aromatic amines is 1. The minimum atomic E-state index is -0.496. The van der Waals surface area contributed by atoms with E-state index in [0.717, 1.165) is 11.4 Å². The normalized spacial score (nSPS) is 10.9. The molecule has 0 spiro atoms. The maximum Gasteiger partial charge on any atom is 0.311 e. The number of para-hydroxylation sites is 1. The van der Waals surface area contributed by atoms with Crippen LogP contribution in [0, 0.1) is 10.1 Å². The van der Waals surface area contributed by atoms with E-state index in [0.29, 0.717) is 17.1 Å². The van der Waals surface area contributed by atoms with Crippen molar-refractivity contribution in [1.29, 1.82) is 0 Å². The van der Waals surface area contributed by atoms with Gasteiger partial charge in [0, 0.05) is 23.8 Å². The van der Waals surface area contributed by atoms with E-state index in [1.165, 1.54) is 19.2 Å². The van der Waals surface area contributed by atoms with Crippen LogP contribution in [0.1, 0.15) is 11.3 Å². The first-order chi connectivity index (χ1) is 14.1. The van der Waals surface area contributed by atoms with Gasteiger partial charge in [-0.2, -0.15) is 0 Å². The standard InChI is InChI=1S/C21H19N5O3/c1-15(16-11-12-20(29-2)19(14-16)26(27)28)24-25-21(18-10-6-7-13-22-18)23-17-8-4-3-5-9-17/h3-14,24H,1H2,2H3,(H,23,25)/p+1. The number of methoxy groups -OCH3 is 1. The number of ether oxygens (including phenoxy) is 1. The third-order valence-corrected chi connectivity index (χ3v) is 4.02. The van der Waals surface area contributed by atoms with Crippen LogP contribution in [0.15, 0.2) is 84.5 Å². The molecule has 0 saturated carbocycles. The Morgan fingerprint density at radius 2 is 1.86 bits per heavy atom. The minimum absolute atomic E-state index is 0.137. The Morgan fingerprint density at radius 1 is 1.10 bits per heavy atom. The Bertz CT molecular complexity index is 1040. The Balaban J connectivity index is 1.83. The van der Waals surface area contributed by atoms with Crippen LogP contribution in [0.2, 0.25) is 0 Å². The second-order valence-corrected chi connectivity index (χ2v) is 5.94. The number of hydrogen-bond acceptors (Lipinski definition) is 5. The van der Waals surface area contributed by atoms with Crippen molar-refractivity contribution in [3.8, 4) is 5.75 Å². The molecule has 0 radical (unpaired) electrons. The summed E-state index contributed by atoms with van der Waals surface area (Å²) in [5.41, 5.74) is 8.35. The van der Waals surface area contributed by atoms with Gasteiger partial charge in [0.05, 0.1) is 23.4 Å². The number of hydrazine groups is 1. The van der Waals surface area contributed by atoms with Crippen molar-refractivity contribution in [3.63, 3.8) is 0 Å². The summed E-state index contributed by atoms with van der Waals surface area (Å²) in [6, 6.07) is 19.7. The summed E-state index contributed by atoms with van der Waals surface area (Å²) in [6.45, 7) is 3.95. The number of nitrogens with one attached hydrogen (secondary N) is 3. The number of pyridine rings is 1. The number of nitrogens with zero attached hydrogens (tertiary/aromatic N) is 2. The molecular weight excluding hydrogens is 370 g/mol. The molecule has 0 bridgehead atoms. The highest BCUT2D eigenvalue weighted by Crippen LogP contribution is 2.29. The topological polar surface area (TPSA) is 103 Å². The molecule has 0 saturated heterocycles. The van der Waals surface area contributed by atoms with E-state index in [1.54, 1.807) is 12.3 Å². The fourth-order valence-corrected chi connectivity index (χ4v) is 2.55. The fourth-order valence-electron chi connectivity index (χ4n) is 2.55. The van der Waals surface area contributed by atoms with E-state index in [9.17, 15) is 10.1 Å². The maximum atomic E-state index is 11.2. The number of H-pyrrole nitrogens is 1. The van der Waals surface area contributed by atoms with E-state index in [4.69, 9.17) is 4.74 Å². The number of nitro benzene ring substituents is 1. The predicted molar refractivity (Wildman–Crippen MR) is 111 cm³/mol. The Morgan fingerprint density at radius 3 is 2.52 bits per heavy atom.